The molecule has 0 atom stereocenters. The van der Waals surface area contributed by atoms with E-state index in [0.29, 0.717) is 5.02 Å². The first-order chi connectivity index (χ1) is 9.24. The van der Waals surface area contributed by atoms with E-state index in [-0.39, 0.29) is 0 Å². The fraction of sp³-hybridized carbons (Fsp3) is 0. The van der Waals surface area contributed by atoms with Crippen LogP contribution in [0.15, 0.2) is 59.2 Å². The lowest BCUT2D eigenvalue weighted by Gasteiger charge is -2.10. The second kappa shape index (κ2) is 5.19. The van der Waals surface area contributed by atoms with Crippen molar-refractivity contribution in [2.45, 2.75) is 0 Å². The number of hydrogen-bond acceptors (Lipinski definition) is 2. The molecule has 0 unspecified atom stereocenters. The molecule has 1 heterocycles. The molecule has 2 nitrogen and oxygen atoms in total. The number of nitrogens with zero attached hydrogens (tertiary/aromatic N) is 1. The summed E-state index contributed by atoms with van der Waals surface area (Å²) in [5.74, 6) is 1.49. The van der Waals surface area contributed by atoms with Gasteiger partial charge in [0.1, 0.15) is 5.75 Å². The van der Waals surface area contributed by atoms with E-state index in [1.54, 1.807) is 18.3 Å². The third-order valence-electron chi connectivity index (χ3n) is 2.72. The molecule has 0 amide bonds. The Labute approximate surface area is 124 Å². The highest BCUT2D eigenvalue weighted by molar-refractivity contribution is 9.10. The fourth-order valence-corrected chi connectivity index (χ4v) is 2.34. The fourth-order valence-electron chi connectivity index (χ4n) is 1.82. The molecule has 94 valence electrons. The smallest absolute Gasteiger partial charge is 0.152 e. The maximum absolute atomic E-state index is 5.93. The van der Waals surface area contributed by atoms with E-state index in [1.807, 2.05) is 36.4 Å². The highest BCUT2D eigenvalue weighted by atomic mass is 79.9. The maximum atomic E-state index is 5.93. The largest absolute Gasteiger partial charge is 0.455 e. The SMILES string of the molecule is Clc1ccc(Oc2c(Br)cnc3ccccc23)cc1. The molecule has 0 bridgehead atoms. The number of aromatic nitrogens is 1. The lowest BCUT2D eigenvalue weighted by atomic mass is 10.2. The molecule has 0 saturated carbocycles. The molecule has 0 aliphatic rings. The molecule has 0 spiro atoms. The number of benzene rings is 2. The van der Waals surface area contributed by atoms with Crippen LogP contribution in [-0.4, -0.2) is 4.98 Å². The van der Waals surface area contributed by atoms with Crippen LogP contribution in [0.4, 0.5) is 0 Å². The first-order valence-corrected chi connectivity index (χ1v) is 6.88. The normalized spacial score (nSPS) is 10.6. The Morgan fingerprint density at radius 1 is 1.00 bits per heavy atom. The van der Waals surface area contributed by atoms with Gasteiger partial charge >= 0.3 is 0 Å². The molecule has 3 rings (SSSR count). The Bertz CT molecular complexity index is 728. The van der Waals surface area contributed by atoms with Gasteiger partial charge in [-0.25, -0.2) is 0 Å². The third-order valence-corrected chi connectivity index (χ3v) is 3.53. The van der Waals surface area contributed by atoms with Crippen molar-refractivity contribution in [2.75, 3.05) is 0 Å². The number of fused-ring (bicyclic) bond motifs is 1. The van der Waals surface area contributed by atoms with Crippen LogP contribution in [0.2, 0.25) is 5.02 Å². The number of halogens is 2. The van der Waals surface area contributed by atoms with Crippen LogP contribution in [0, 0.1) is 0 Å². The number of ether oxygens (including phenoxy) is 1. The average molecular weight is 335 g/mol. The molecule has 0 saturated heterocycles. The van der Waals surface area contributed by atoms with Gasteiger partial charge in [-0.1, -0.05) is 23.7 Å². The van der Waals surface area contributed by atoms with Crippen LogP contribution in [0.3, 0.4) is 0 Å². The van der Waals surface area contributed by atoms with Crippen LogP contribution in [0.25, 0.3) is 10.9 Å². The first kappa shape index (κ1) is 12.5. The number of rotatable bonds is 2. The summed E-state index contributed by atoms with van der Waals surface area (Å²) in [5.41, 5.74) is 0.898. The highest BCUT2D eigenvalue weighted by Gasteiger charge is 2.09. The van der Waals surface area contributed by atoms with Gasteiger partial charge in [-0.15, -0.1) is 0 Å². The second-order valence-corrected chi connectivity index (χ2v) is 5.30. The summed E-state index contributed by atoms with van der Waals surface area (Å²) in [6.07, 6.45) is 1.74. The van der Waals surface area contributed by atoms with Crippen molar-refractivity contribution in [1.29, 1.82) is 0 Å². The molecular formula is C15H9BrClNO. The van der Waals surface area contributed by atoms with Gasteiger partial charge < -0.3 is 4.74 Å². The predicted octanol–water partition coefficient (Wildman–Crippen LogP) is 5.44. The summed E-state index contributed by atoms with van der Waals surface area (Å²) in [7, 11) is 0. The summed E-state index contributed by atoms with van der Waals surface area (Å²) in [6, 6.07) is 15.1. The Kier molecular flexibility index (Phi) is 3.40. The predicted molar refractivity (Wildman–Crippen MR) is 81.0 cm³/mol. The zero-order valence-corrected chi connectivity index (χ0v) is 12.1. The van der Waals surface area contributed by atoms with E-state index in [4.69, 9.17) is 16.3 Å². The Hall–Kier alpha value is -1.58. The zero-order chi connectivity index (χ0) is 13.2. The number of pyridine rings is 1. The summed E-state index contributed by atoms with van der Waals surface area (Å²) < 4.78 is 6.75. The van der Waals surface area contributed by atoms with Gasteiger partial charge in [0, 0.05) is 16.6 Å². The monoisotopic (exact) mass is 333 g/mol. The Morgan fingerprint density at radius 2 is 1.74 bits per heavy atom. The molecule has 0 aliphatic heterocycles. The molecule has 19 heavy (non-hydrogen) atoms. The Balaban J connectivity index is 2.09. The summed E-state index contributed by atoms with van der Waals surface area (Å²) in [5, 5.41) is 1.65. The van der Waals surface area contributed by atoms with Gasteiger partial charge in [-0.3, -0.25) is 4.98 Å². The third kappa shape index (κ3) is 2.57. The first-order valence-electron chi connectivity index (χ1n) is 5.71. The molecular weight excluding hydrogens is 326 g/mol. The van der Waals surface area contributed by atoms with Crippen LogP contribution >= 0.6 is 27.5 Å². The number of para-hydroxylation sites is 1. The molecule has 0 radical (unpaired) electrons. The van der Waals surface area contributed by atoms with E-state index >= 15 is 0 Å². The van der Waals surface area contributed by atoms with Gasteiger partial charge in [-0.05, 0) is 52.3 Å². The molecule has 0 fully saturated rings. The lowest BCUT2D eigenvalue weighted by Crippen LogP contribution is -1.89. The van der Waals surface area contributed by atoms with E-state index < -0.39 is 0 Å². The number of hydrogen-bond donors (Lipinski definition) is 0. The average Bonchev–Trinajstić information content (AvgIpc) is 2.44. The van der Waals surface area contributed by atoms with Gasteiger partial charge in [-0.2, -0.15) is 0 Å². The van der Waals surface area contributed by atoms with E-state index in [9.17, 15) is 0 Å². The lowest BCUT2D eigenvalue weighted by molar-refractivity contribution is 0.485. The van der Waals surface area contributed by atoms with Crippen molar-refractivity contribution in [3.05, 3.63) is 64.2 Å². The molecule has 4 heteroatoms. The van der Waals surface area contributed by atoms with E-state index in [1.165, 1.54) is 0 Å². The van der Waals surface area contributed by atoms with Crippen molar-refractivity contribution in [3.8, 4) is 11.5 Å². The van der Waals surface area contributed by atoms with Crippen molar-refractivity contribution in [1.82, 2.24) is 4.98 Å². The molecule has 2 aromatic carbocycles. The van der Waals surface area contributed by atoms with E-state index in [2.05, 4.69) is 20.9 Å². The summed E-state index contributed by atoms with van der Waals surface area (Å²) >= 11 is 9.34. The molecule has 1 aromatic heterocycles. The summed E-state index contributed by atoms with van der Waals surface area (Å²) in [4.78, 5) is 4.35. The standard InChI is InChI=1S/C15H9BrClNO/c16-13-9-18-14-4-2-1-3-12(14)15(13)19-11-7-5-10(17)6-8-11/h1-9H. The molecule has 3 aromatic rings. The minimum atomic E-state index is 0.686. The van der Waals surface area contributed by atoms with Gasteiger partial charge in [0.2, 0.25) is 0 Å². The minimum Gasteiger partial charge on any atom is -0.455 e. The van der Waals surface area contributed by atoms with Crippen LogP contribution in [0.1, 0.15) is 0 Å². The van der Waals surface area contributed by atoms with Crippen LogP contribution < -0.4 is 4.74 Å². The second-order valence-electron chi connectivity index (χ2n) is 4.01. The van der Waals surface area contributed by atoms with Crippen molar-refractivity contribution >= 4 is 38.4 Å². The molecule has 0 N–H and O–H groups in total. The Morgan fingerprint density at radius 3 is 2.53 bits per heavy atom. The quantitative estimate of drug-likeness (QED) is 0.622. The van der Waals surface area contributed by atoms with Crippen LogP contribution in [-0.2, 0) is 0 Å². The van der Waals surface area contributed by atoms with Crippen LogP contribution in [0.5, 0.6) is 11.5 Å². The molecule has 0 aliphatic carbocycles. The topological polar surface area (TPSA) is 22.1 Å². The van der Waals surface area contributed by atoms with Crippen molar-refractivity contribution < 1.29 is 4.74 Å². The zero-order valence-electron chi connectivity index (χ0n) is 9.81. The van der Waals surface area contributed by atoms with Crippen molar-refractivity contribution in [3.63, 3.8) is 0 Å². The highest BCUT2D eigenvalue weighted by Crippen LogP contribution is 2.35. The summed E-state index contributed by atoms with van der Waals surface area (Å²) in [6.45, 7) is 0. The minimum absolute atomic E-state index is 0.686. The maximum Gasteiger partial charge on any atom is 0.152 e. The van der Waals surface area contributed by atoms with Gasteiger partial charge in [0.25, 0.3) is 0 Å². The van der Waals surface area contributed by atoms with Gasteiger partial charge in [0.05, 0.1) is 9.99 Å². The van der Waals surface area contributed by atoms with Gasteiger partial charge in [0.15, 0.2) is 5.75 Å². The van der Waals surface area contributed by atoms with Crippen molar-refractivity contribution in [2.24, 2.45) is 0 Å². The van der Waals surface area contributed by atoms with E-state index in [0.717, 1.165) is 26.9 Å².